The van der Waals surface area contributed by atoms with Gasteiger partial charge in [0.2, 0.25) is 0 Å². The van der Waals surface area contributed by atoms with Crippen LogP contribution in [0.3, 0.4) is 0 Å². The van der Waals surface area contributed by atoms with E-state index >= 15 is 0 Å². The number of thioether (sulfide) groups is 1. The van der Waals surface area contributed by atoms with Crippen molar-refractivity contribution in [1.29, 1.82) is 0 Å². The van der Waals surface area contributed by atoms with Crippen molar-refractivity contribution in [1.82, 2.24) is 0 Å². The van der Waals surface area contributed by atoms with Gasteiger partial charge in [0.25, 0.3) is 0 Å². The van der Waals surface area contributed by atoms with Crippen LogP contribution in [0.1, 0.15) is 42.9 Å². The third-order valence-electron chi connectivity index (χ3n) is 5.54. The van der Waals surface area contributed by atoms with E-state index in [1.165, 1.54) is 0 Å². The van der Waals surface area contributed by atoms with Crippen LogP contribution in [0.5, 0.6) is 5.75 Å². The van der Waals surface area contributed by atoms with E-state index in [0.717, 1.165) is 28.9 Å². The fourth-order valence-electron chi connectivity index (χ4n) is 4.04. The predicted molar refractivity (Wildman–Crippen MR) is 101 cm³/mol. The van der Waals surface area contributed by atoms with E-state index in [1.807, 2.05) is 48.5 Å². The van der Waals surface area contributed by atoms with Gasteiger partial charge in [-0.3, -0.25) is 4.79 Å². The molecule has 0 bridgehead atoms. The van der Waals surface area contributed by atoms with Gasteiger partial charge in [0.1, 0.15) is 12.4 Å². The first-order valence-electron chi connectivity index (χ1n) is 9.00. The van der Waals surface area contributed by atoms with E-state index in [1.54, 1.807) is 11.8 Å². The van der Waals surface area contributed by atoms with Crippen molar-refractivity contribution in [2.45, 2.75) is 47.3 Å². The summed E-state index contributed by atoms with van der Waals surface area (Å²) < 4.78 is 5.93. The Morgan fingerprint density at radius 1 is 1.12 bits per heavy atom. The molecule has 1 saturated carbocycles. The molecule has 1 aliphatic heterocycles. The number of benzene rings is 2. The molecule has 0 radical (unpaired) electrons. The normalized spacial score (nSPS) is 23.9. The first-order valence-corrected chi connectivity index (χ1v) is 9.88. The number of carboxylic acid groups (broad SMARTS) is 1. The predicted octanol–water partition coefficient (Wildman–Crippen LogP) is 4.17. The monoisotopic (exact) mass is 370 g/mol. The Morgan fingerprint density at radius 2 is 1.85 bits per heavy atom. The minimum absolute atomic E-state index is 0.0873. The molecule has 2 aliphatic rings. The Kier molecular flexibility index (Phi) is 4.67. The largest absolute Gasteiger partial charge is 0.492 e. The highest BCUT2D eigenvalue weighted by molar-refractivity contribution is 8.00. The molecule has 5 heteroatoms. The van der Waals surface area contributed by atoms with Gasteiger partial charge >= 0.3 is 5.97 Å². The first kappa shape index (κ1) is 17.4. The standard InChI is InChI=1S/C21H22O4S/c22-19-16-9-8-14(21(20(23)24)10-4-5-11-21)12-17(16)25-13-18(19)26-15-6-2-1-3-7-15/h1-3,6-9,12,18-19,22H,4-5,10-11,13H2,(H,23,24)/t18-,19-/m0/s1. The molecule has 2 N–H and O–H groups in total. The lowest BCUT2D eigenvalue weighted by Crippen LogP contribution is -2.33. The van der Waals surface area contributed by atoms with Gasteiger partial charge in [-0.25, -0.2) is 0 Å². The lowest BCUT2D eigenvalue weighted by molar-refractivity contribution is -0.143. The minimum Gasteiger partial charge on any atom is -0.492 e. The van der Waals surface area contributed by atoms with Crippen molar-refractivity contribution in [3.63, 3.8) is 0 Å². The van der Waals surface area contributed by atoms with Crippen molar-refractivity contribution < 1.29 is 19.7 Å². The molecule has 136 valence electrons. The maximum Gasteiger partial charge on any atom is 0.314 e. The molecule has 0 amide bonds. The Balaban J connectivity index is 1.60. The number of aliphatic hydroxyl groups excluding tert-OH is 1. The molecule has 26 heavy (non-hydrogen) atoms. The summed E-state index contributed by atoms with van der Waals surface area (Å²) in [6, 6.07) is 15.5. The van der Waals surface area contributed by atoms with Gasteiger partial charge in [0.05, 0.1) is 16.8 Å². The molecular formula is C21H22O4S. The second-order valence-corrected chi connectivity index (χ2v) is 8.38. The van der Waals surface area contributed by atoms with Gasteiger partial charge in [-0.1, -0.05) is 43.2 Å². The number of fused-ring (bicyclic) bond motifs is 1. The van der Waals surface area contributed by atoms with Crippen molar-refractivity contribution in [3.8, 4) is 5.75 Å². The zero-order valence-corrected chi connectivity index (χ0v) is 15.2. The molecular weight excluding hydrogens is 348 g/mol. The smallest absolute Gasteiger partial charge is 0.314 e. The van der Waals surface area contributed by atoms with Crippen LogP contribution in [-0.2, 0) is 10.2 Å². The Labute approximate surface area is 157 Å². The summed E-state index contributed by atoms with van der Waals surface area (Å²) in [7, 11) is 0. The van der Waals surface area contributed by atoms with E-state index in [4.69, 9.17) is 4.74 Å². The van der Waals surface area contributed by atoms with E-state index < -0.39 is 17.5 Å². The van der Waals surface area contributed by atoms with Gasteiger partial charge in [-0.2, -0.15) is 0 Å². The van der Waals surface area contributed by atoms with Gasteiger partial charge in [0, 0.05) is 10.5 Å². The van der Waals surface area contributed by atoms with Crippen molar-refractivity contribution in [3.05, 3.63) is 59.7 Å². The molecule has 0 aromatic heterocycles. The third-order valence-corrected chi connectivity index (χ3v) is 6.78. The lowest BCUT2D eigenvalue weighted by Gasteiger charge is -2.32. The molecule has 0 saturated heterocycles. The Hall–Kier alpha value is -1.98. The average Bonchev–Trinajstić information content (AvgIpc) is 3.16. The van der Waals surface area contributed by atoms with E-state index in [2.05, 4.69) is 0 Å². The highest BCUT2D eigenvalue weighted by atomic mass is 32.2. The molecule has 4 rings (SSSR count). The molecule has 2 atom stereocenters. The summed E-state index contributed by atoms with van der Waals surface area (Å²) in [5.74, 6) is -0.142. The van der Waals surface area contributed by atoms with Gasteiger partial charge in [-0.15, -0.1) is 11.8 Å². The number of hydrogen-bond acceptors (Lipinski definition) is 4. The fourth-order valence-corrected chi connectivity index (χ4v) is 5.12. The topological polar surface area (TPSA) is 66.8 Å². The van der Waals surface area contributed by atoms with Crippen molar-refractivity contribution >= 4 is 17.7 Å². The second-order valence-electron chi connectivity index (χ2n) is 7.07. The highest BCUT2D eigenvalue weighted by Crippen LogP contribution is 2.45. The number of aliphatic carboxylic acids is 1. The number of carboxylic acids is 1. The lowest BCUT2D eigenvalue weighted by atomic mass is 9.78. The van der Waals surface area contributed by atoms with E-state index in [0.29, 0.717) is 25.2 Å². The summed E-state index contributed by atoms with van der Waals surface area (Å²) in [5, 5.41) is 20.5. The maximum atomic E-state index is 11.9. The molecule has 1 heterocycles. The van der Waals surface area contributed by atoms with Crippen LogP contribution in [0.15, 0.2) is 53.4 Å². The summed E-state index contributed by atoms with van der Waals surface area (Å²) in [4.78, 5) is 13.0. The van der Waals surface area contributed by atoms with Crippen LogP contribution in [0, 0.1) is 0 Å². The molecule has 4 nitrogen and oxygen atoms in total. The molecule has 2 aromatic rings. The second kappa shape index (κ2) is 6.97. The first-order chi connectivity index (χ1) is 12.6. The van der Waals surface area contributed by atoms with Gasteiger partial charge in [0.15, 0.2) is 0 Å². The summed E-state index contributed by atoms with van der Waals surface area (Å²) in [6.45, 7) is 0.400. The van der Waals surface area contributed by atoms with E-state index in [9.17, 15) is 15.0 Å². The third kappa shape index (κ3) is 2.99. The number of carbonyl (C=O) groups is 1. The molecule has 0 spiro atoms. The number of aliphatic hydroxyl groups is 1. The van der Waals surface area contributed by atoms with Crippen LogP contribution < -0.4 is 4.74 Å². The number of rotatable bonds is 4. The van der Waals surface area contributed by atoms with Gasteiger partial charge < -0.3 is 14.9 Å². The number of ether oxygens (including phenoxy) is 1. The maximum absolute atomic E-state index is 11.9. The van der Waals surface area contributed by atoms with Crippen LogP contribution in [0.2, 0.25) is 0 Å². The van der Waals surface area contributed by atoms with Crippen molar-refractivity contribution in [2.75, 3.05) is 6.61 Å². The summed E-state index contributed by atoms with van der Waals surface area (Å²) in [6.07, 6.45) is 2.56. The fraction of sp³-hybridized carbons (Fsp3) is 0.381. The number of hydrogen-bond donors (Lipinski definition) is 2. The van der Waals surface area contributed by atoms with Crippen LogP contribution in [-0.4, -0.2) is 28.0 Å². The molecule has 1 aliphatic carbocycles. The molecule has 2 aromatic carbocycles. The minimum atomic E-state index is -0.807. The van der Waals surface area contributed by atoms with Crippen LogP contribution in [0.25, 0.3) is 0 Å². The van der Waals surface area contributed by atoms with Gasteiger partial charge in [-0.05, 0) is 36.6 Å². The summed E-state index contributed by atoms with van der Waals surface area (Å²) >= 11 is 1.60. The zero-order chi connectivity index (χ0) is 18.1. The summed E-state index contributed by atoms with van der Waals surface area (Å²) in [5.41, 5.74) is 0.730. The highest BCUT2D eigenvalue weighted by Gasteiger charge is 2.43. The van der Waals surface area contributed by atoms with Crippen molar-refractivity contribution in [2.24, 2.45) is 0 Å². The molecule has 1 fully saturated rings. The van der Waals surface area contributed by atoms with E-state index in [-0.39, 0.29) is 5.25 Å². The zero-order valence-electron chi connectivity index (χ0n) is 14.4. The quantitative estimate of drug-likeness (QED) is 0.845. The molecule has 0 unspecified atom stereocenters. The SMILES string of the molecule is O=C(O)C1(c2ccc3c(c2)OC[C@H](Sc2ccccc2)[C@H]3O)CCCC1. The van der Waals surface area contributed by atoms with Crippen LogP contribution in [0.4, 0.5) is 0 Å². The average molecular weight is 370 g/mol. The Morgan fingerprint density at radius 3 is 2.54 bits per heavy atom. The van der Waals surface area contributed by atoms with Crippen LogP contribution >= 0.6 is 11.8 Å². The Bertz CT molecular complexity index is 799.